The number of hydrogen-bond donors (Lipinski definition) is 1. The number of anilines is 1. The summed E-state index contributed by atoms with van der Waals surface area (Å²) in [5, 5.41) is 11.4. The number of aromatic nitrogens is 2. The van der Waals surface area contributed by atoms with Crippen LogP contribution in [-0.2, 0) is 14.3 Å². The molecule has 17 heavy (non-hydrogen) atoms. The third-order valence-corrected chi connectivity index (χ3v) is 3.84. The minimum Gasteiger partial charge on any atom is -0.468 e. The van der Waals surface area contributed by atoms with Gasteiger partial charge in [0.2, 0.25) is 5.13 Å². The lowest BCUT2D eigenvalue weighted by Crippen LogP contribution is -2.14. The van der Waals surface area contributed by atoms with Gasteiger partial charge in [-0.25, -0.2) is 0 Å². The fourth-order valence-corrected chi connectivity index (χ4v) is 2.90. The Morgan fingerprint density at radius 1 is 1.53 bits per heavy atom. The molecule has 0 unspecified atom stereocenters. The third-order valence-electron chi connectivity index (χ3n) is 1.80. The Balaban J connectivity index is 2.42. The molecule has 0 amide bonds. The maximum atomic E-state index is 11.2. The molecule has 96 valence electrons. The first kappa shape index (κ1) is 14.2. The number of nitrogens with zero attached hydrogens (tertiary/aromatic N) is 2. The highest BCUT2D eigenvalue weighted by Crippen LogP contribution is 2.29. The van der Waals surface area contributed by atoms with Crippen LogP contribution in [0.3, 0.4) is 0 Å². The smallest absolute Gasteiger partial charge is 0.318 e. The highest BCUT2D eigenvalue weighted by atomic mass is 32.2. The Hall–Kier alpha value is -0.860. The Kier molecular flexibility index (Phi) is 6.23. The SMILES string of the molecule is COCCNc1nnc(S[C@@H](C)C(=O)OC)s1. The maximum absolute atomic E-state index is 11.2. The lowest BCUT2D eigenvalue weighted by atomic mass is 10.5. The van der Waals surface area contributed by atoms with Crippen LogP contribution in [0.5, 0.6) is 0 Å². The molecule has 1 atom stereocenters. The number of carbonyl (C=O) groups is 1. The van der Waals surface area contributed by atoms with Gasteiger partial charge >= 0.3 is 5.97 Å². The van der Waals surface area contributed by atoms with E-state index in [-0.39, 0.29) is 11.2 Å². The fraction of sp³-hybridized carbons (Fsp3) is 0.667. The van der Waals surface area contributed by atoms with Crippen LogP contribution in [0.25, 0.3) is 0 Å². The number of ether oxygens (including phenoxy) is 2. The van der Waals surface area contributed by atoms with Crippen molar-refractivity contribution >= 4 is 34.2 Å². The molecule has 0 aliphatic carbocycles. The zero-order valence-corrected chi connectivity index (χ0v) is 11.6. The van der Waals surface area contributed by atoms with Crippen molar-refractivity contribution in [1.29, 1.82) is 0 Å². The topological polar surface area (TPSA) is 73.3 Å². The maximum Gasteiger partial charge on any atom is 0.318 e. The van der Waals surface area contributed by atoms with Crippen molar-refractivity contribution in [2.75, 3.05) is 32.7 Å². The van der Waals surface area contributed by atoms with Gasteiger partial charge in [-0.1, -0.05) is 23.1 Å². The average Bonchev–Trinajstić information content (AvgIpc) is 2.76. The summed E-state index contributed by atoms with van der Waals surface area (Å²) in [5.74, 6) is -0.265. The molecule has 1 aromatic heterocycles. The van der Waals surface area contributed by atoms with E-state index in [1.165, 1.54) is 30.2 Å². The lowest BCUT2D eigenvalue weighted by Gasteiger charge is -2.04. The van der Waals surface area contributed by atoms with E-state index in [2.05, 4.69) is 20.3 Å². The first-order chi connectivity index (χ1) is 8.17. The van der Waals surface area contributed by atoms with Crippen molar-refractivity contribution in [3.8, 4) is 0 Å². The normalized spacial score (nSPS) is 12.2. The summed E-state index contributed by atoms with van der Waals surface area (Å²) in [6.45, 7) is 3.07. The summed E-state index contributed by atoms with van der Waals surface area (Å²) >= 11 is 2.74. The molecule has 0 radical (unpaired) electrons. The molecule has 1 heterocycles. The van der Waals surface area contributed by atoms with E-state index >= 15 is 0 Å². The van der Waals surface area contributed by atoms with Gasteiger partial charge in [-0.2, -0.15) is 0 Å². The molecule has 0 aliphatic rings. The average molecular weight is 277 g/mol. The van der Waals surface area contributed by atoms with Crippen LogP contribution < -0.4 is 5.32 Å². The van der Waals surface area contributed by atoms with Gasteiger partial charge in [0.25, 0.3) is 0 Å². The van der Waals surface area contributed by atoms with E-state index in [1.807, 2.05) is 0 Å². The summed E-state index contributed by atoms with van der Waals surface area (Å²) in [5.41, 5.74) is 0. The van der Waals surface area contributed by atoms with Crippen molar-refractivity contribution in [1.82, 2.24) is 10.2 Å². The predicted molar refractivity (Wildman–Crippen MR) is 67.6 cm³/mol. The van der Waals surface area contributed by atoms with Gasteiger partial charge in [0.15, 0.2) is 4.34 Å². The summed E-state index contributed by atoms with van der Waals surface area (Å²) in [4.78, 5) is 11.2. The van der Waals surface area contributed by atoms with Gasteiger partial charge < -0.3 is 14.8 Å². The van der Waals surface area contributed by atoms with E-state index in [0.29, 0.717) is 13.2 Å². The quantitative estimate of drug-likeness (QED) is 0.457. The summed E-state index contributed by atoms with van der Waals surface area (Å²) < 4.78 is 10.3. The Morgan fingerprint density at radius 2 is 2.29 bits per heavy atom. The van der Waals surface area contributed by atoms with E-state index in [4.69, 9.17) is 4.74 Å². The Labute approximate surface area is 108 Å². The molecular formula is C9H15N3O3S2. The first-order valence-electron chi connectivity index (χ1n) is 4.98. The van der Waals surface area contributed by atoms with E-state index < -0.39 is 0 Å². The highest BCUT2D eigenvalue weighted by molar-refractivity contribution is 8.02. The van der Waals surface area contributed by atoms with Crippen LogP contribution in [0.15, 0.2) is 4.34 Å². The van der Waals surface area contributed by atoms with Gasteiger partial charge in [0.05, 0.1) is 13.7 Å². The second-order valence-corrected chi connectivity index (χ2v) is 5.64. The van der Waals surface area contributed by atoms with Crippen LogP contribution in [0, 0.1) is 0 Å². The molecule has 0 spiro atoms. The van der Waals surface area contributed by atoms with Gasteiger partial charge in [-0.15, -0.1) is 10.2 Å². The van der Waals surface area contributed by atoms with E-state index in [1.54, 1.807) is 14.0 Å². The summed E-state index contributed by atoms with van der Waals surface area (Å²) in [7, 11) is 3.01. The number of esters is 1. The molecule has 1 N–H and O–H groups in total. The molecule has 0 aliphatic heterocycles. The van der Waals surface area contributed by atoms with Crippen molar-refractivity contribution in [2.45, 2.75) is 16.5 Å². The summed E-state index contributed by atoms with van der Waals surface area (Å²) in [6, 6.07) is 0. The second-order valence-electron chi connectivity index (χ2n) is 3.08. The number of hydrogen-bond acceptors (Lipinski definition) is 8. The third kappa shape index (κ3) is 4.88. The second kappa shape index (κ2) is 7.46. The number of carbonyl (C=O) groups excluding carboxylic acids is 1. The minimum atomic E-state index is -0.278. The van der Waals surface area contributed by atoms with Crippen molar-refractivity contribution in [2.24, 2.45) is 0 Å². The lowest BCUT2D eigenvalue weighted by molar-refractivity contribution is -0.139. The number of nitrogens with one attached hydrogen (secondary N) is 1. The largest absolute Gasteiger partial charge is 0.468 e. The van der Waals surface area contributed by atoms with Gasteiger partial charge in [-0.05, 0) is 6.92 Å². The molecular weight excluding hydrogens is 262 g/mol. The standard InChI is InChI=1S/C9H15N3O3S2/c1-6(7(13)15-3)16-9-12-11-8(17-9)10-4-5-14-2/h6H,4-5H2,1-3H3,(H,10,11)/t6-/m0/s1. The fourth-order valence-electron chi connectivity index (χ4n) is 0.954. The van der Waals surface area contributed by atoms with E-state index in [0.717, 1.165) is 9.47 Å². The number of methoxy groups -OCH3 is 2. The number of rotatable bonds is 7. The minimum absolute atomic E-state index is 0.265. The molecule has 6 nitrogen and oxygen atoms in total. The van der Waals surface area contributed by atoms with Crippen molar-refractivity contribution in [3.05, 3.63) is 0 Å². The van der Waals surface area contributed by atoms with Gasteiger partial charge in [0, 0.05) is 13.7 Å². The van der Waals surface area contributed by atoms with Crippen LogP contribution in [-0.4, -0.2) is 48.8 Å². The molecule has 8 heteroatoms. The van der Waals surface area contributed by atoms with Crippen molar-refractivity contribution in [3.63, 3.8) is 0 Å². The van der Waals surface area contributed by atoms with Crippen LogP contribution >= 0.6 is 23.1 Å². The van der Waals surface area contributed by atoms with Crippen LogP contribution in [0.4, 0.5) is 5.13 Å². The molecule has 0 saturated heterocycles. The molecule has 0 bridgehead atoms. The van der Waals surface area contributed by atoms with E-state index in [9.17, 15) is 4.79 Å². The first-order valence-corrected chi connectivity index (χ1v) is 6.67. The molecule has 0 fully saturated rings. The van der Waals surface area contributed by atoms with Gasteiger partial charge in [-0.3, -0.25) is 4.79 Å². The molecule has 1 rings (SSSR count). The zero-order chi connectivity index (χ0) is 12.7. The molecule has 0 aromatic carbocycles. The predicted octanol–water partition coefficient (Wildman–Crippen LogP) is 1.25. The molecule has 0 saturated carbocycles. The Bertz CT molecular complexity index is 359. The monoisotopic (exact) mass is 277 g/mol. The zero-order valence-electron chi connectivity index (χ0n) is 9.93. The Morgan fingerprint density at radius 3 is 2.94 bits per heavy atom. The van der Waals surface area contributed by atoms with Crippen LogP contribution in [0.1, 0.15) is 6.92 Å². The molecule has 1 aromatic rings. The van der Waals surface area contributed by atoms with Crippen molar-refractivity contribution < 1.29 is 14.3 Å². The summed E-state index contributed by atoms with van der Waals surface area (Å²) in [6.07, 6.45) is 0. The highest BCUT2D eigenvalue weighted by Gasteiger charge is 2.17. The van der Waals surface area contributed by atoms with Crippen LogP contribution in [0.2, 0.25) is 0 Å². The van der Waals surface area contributed by atoms with Gasteiger partial charge in [0.1, 0.15) is 5.25 Å². The number of thioether (sulfide) groups is 1.